The summed E-state index contributed by atoms with van der Waals surface area (Å²) in [7, 11) is 1.32. The van der Waals surface area contributed by atoms with E-state index in [0.717, 1.165) is 6.42 Å². The van der Waals surface area contributed by atoms with Crippen LogP contribution in [0.15, 0.2) is 30.3 Å². The van der Waals surface area contributed by atoms with Crippen molar-refractivity contribution in [3.63, 3.8) is 0 Å². The van der Waals surface area contributed by atoms with Crippen molar-refractivity contribution in [1.82, 2.24) is 10.2 Å². The Morgan fingerprint density at radius 1 is 1.36 bits per heavy atom. The maximum Gasteiger partial charge on any atom is 0.336 e. The topological polar surface area (TPSA) is 67.9 Å². The van der Waals surface area contributed by atoms with E-state index in [4.69, 9.17) is 9.47 Å². The van der Waals surface area contributed by atoms with Gasteiger partial charge in [-0.15, -0.1) is 0 Å². The van der Waals surface area contributed by atoms with Gasteiger partial charge in [0, 0.05) is 12.6 Å². The average molecular weight is 348 g/mol. The lowest BCUT2D eigenvalue weighted by molar-refractivity contribution is -0.158. The quantitative estimate of drug-likeness (QED) is 0.829. The molecule has 1 aliphatic rings. The molecular weight excluding hydrogens is 320 g/mol. The fourth-order valence-electron chi connectivity index (χ4n) is 3.23. The first-order chi connectivity index (χ1) is 11.8. The third kappa shape index (κ3) is 5.19. The van der Waals surface area contributed by atoms with Gasteiger partial charge in [-0.05, 0) is 24.3 Å². The first-order valence-corrected chi connectivity index (χ1v) is 8.64. The molecule has 25 heavy (non-hydrogen) atoms. The van der Waals surface area contributed by atoms with E-state index in [0.29, 0.717) is 13.2 Å². The van der Waals surface area contributed by atoms with E-state index >= 15 is 0 Å². The van der Waals surface area contributed by atoms with E-state index < -0.39 is 12.1 Å². The highest BCUT2D eigenvalue weighted by atomic mass is 16.6. The number of benzene rings is 1. The molecule has 1 heterocycles. The highest BCUT2D eigenvalue weighted by Gasteiger charge is 2.31. The minimum atomic E-state index is -0.708. The normalized spacial score (nSPS) is 19.2. The Kier molecular flexibility index (Phi) is 6.42. The zero-order valence-corrected chi connectivity index (χ0v) is 15.5. The van der Waals surface area contributed by atoms with Crippen LogP contribution in [0.2, 0.25) is 0 Å². The second kappa shape index (κ2) is 8.34. The average Bonchev–Trinajstić information content (AvgIpc) is 2.61. The molecule has 6 nitrogen and oxygen atoms in total. The Morgan fingerprint density at radius 3 is 2.68 bits per heavy atom. The lowest BCUT2D eigenvalue weighted by Gasteiger charge is -2.34. The van der Waals surface area contributed by atoms with E-state index in [-0.39, 0.29) is 24.0 Å². The summed E-state index contributed by atoms with van der Waals surface area (Å²) in [5.74, 6) is -0.448. The second-order valence-corrected chi connectivity index (χ2v) is 7.13. The number of amides is 2. The van der Waals surface area contributed by atoms with Crippen LogP contribution < -0.4 is 5.32 Å². The highest BCUT2D eigenvalue weighted by Crippen LogP contribution is 2.28. The molecule has 0 aromatic heterocycles. The molecule has 2 rings (SSSR count). The number of urea groups is 1. The first-order valence-electron chi connectivity index (χ1n) is 8.64. The van der Waals surface area contributed by atoms with Crippen LogP contribution in [0, 0.1) is 0 Å². The molecule has 1 aliphatic heterocycles. The van der Waals surface area contributed by atoms with Gasteiger partial charge in [0.2, 0.25) is 0 Å². The van der Waals surface area contributed by atoms with Gasteiger partial charge in [0.15, 0.2) is 6.10 Å². The van der Waals surface area contributed by atoms with Crippen LogP contribution in [-0.2, 0) is 19.7 Å². The number of hydrogen-bond donors (Lipinski definition) is 1. The molecule has 0 bridgehead atoms. The Labute approximate surface area is 149 Å². The van der Waals surface area contributed by atoms with Crippen LogP contribution in [-0.4, -0.2) is 55.9 Å². The van der Waals surface area contributed by atoms with E-state index in [2.05, 4.69) is 31.3 Å². The fraction of sp³-hybridized carbons (Fsp3) is 0.579. The van der Waals surface area contributed by atoms with Gasteiger partial charge in [-0.2, -0.15) is 0 Å². The molecule has 1 saturated heterocycles. The van der Waals surface area contributed by atoms with Crippen molar-refractivity contribution >= 4 is 12.0 Å². The number of nitrogens with one attached hydrogen (secondary N) is 1. The minimum Gasteiger partial charge on any atom is -0.467 e. The van der Waals surface area contributed by atoms with Crippen molar-refractivity contribution < 1.29 is 19.1 Å². The Hall–Kier alpha value is -2.08. The fourth-order valence-corrected chi connectivity index (χ4v) is 3.23. The van der Waals surface area contributed by atoms with Gasteiger partial charge in [-0.3, -0.25) is 0 Å². The molecule has 2 amide bonds. The molecule has 138 valence electrons. The Bertz CT molecular complexity index is 588. The number of nitrogens with zero attached hydrogens (tertiary/aromatic N) is 1. The number of ether oxygens (including phenoxy) is 2. The zero-order chi connectivity index (χ0) is 18.4. The summed E-state index contributed by atoms with van der Waals surface area (Å²) in [6, 6.07) is 10.1. The lowest BCUT2D eigenvalue weighted by Crippen LogP contribution is -2.53. The molecule has 1 aromatic carbocycles. The van der Waals surface area contributed by atoms with E-state index in [1.165, 1.54) is 12.7 Å². The van der Waals surface area contributed by atoms with Crippen molar-refractivity contribution in [1.29, 1.82) is 0 Å². The number of rotatable bonds is 5. The van der Waals surface area contributed by atoms with E-state index in [1.807, 2.05) is 25.1 Å². The summed E-state index contributed by atoms with van der Waals surface area (Å²) < 4.78 is 10.0. The van der Waals surface area contributed by atoms with Gasteiger partial charge in [0.25, 0.3) is 0 Å². The number of morpholine rings is 1. The van der Waals surface area contributed by atoms with Crippen molar-refractivity contribution in [2.75, 3.05) is 26.8 Å². The zero-order valence-electron chi connectivity index (χ0n) is 15.5. The number of carbonyl (C=O) groups is 2. The molecule has 0 unspecified atom stereocenters. The number of hydrogen-bond acceptors (Lipinski definition) is 4. The van der Waals surface area contributed by atoms with Crippen LogP contribution in [0.4, 0.5) is 4.79 Å². The van der Waals surface area contributed by atoms with E-state index in [9.17, 15) is 9.59 Å². The number of esters is 1. The number of methoxy groups -OCH3 is 1. The summed E-state index contributed by atoms with van der Waals surface area (Å²) in [6.45, 7) is 7.36. The van der Waals surface area contributed by atoms with Gasteiger partial charge < -0.3 is 19.7 Å². The molecule has 0 aliphatic carbocycles. The number of carbonyl (C=O) groups excluding carboxylic acids is 2. The lowest BCUT2D eigenvalue weighted by atomic mass is 9.79. The summed E-state index contributed by atoms with van der Waals surface area (Å²) in [5, 5.41) is 3.03. The first kappa shape index (κ1) is 19.2. The van der Waals surface area contributed by atoms with Crippen molar-refractivity contribution in [3.8, 4) is 0 Å². The van der Waals surface area contributed by atoms with Gasteiger partial charge in [0.05, 0.1) is 20.3 Å². The monoisotopic (exact) mass is 348 g/mol. The summed E-state index contributed by atoms with van der Waals surface area (Å²) in [6.07, 6.45) is 0.105. The standard InChI is InChI=1S/C19H28N2O4/c1-14(12-19(2,3)15-8-6-5-7-9-15)20-18(23)21-10-11-25-16(13-21)17(22)24-4/h5-9,14,16H,10-13H2,1-4H3,(H,20,23)/t14-,16-/m1/s1. The van der Waals surface area contributed by atoms with Crippen LogP contribution in [0.1, 0.15) is 32.8 Å². The summed E-state index contributed by atoms with van der Waals surface area (Å²) in [4.78, 5) is 25.7. The second-order valence-electron chi connectivity index (χ2n) is 7.13. The van der Waals surface area contributed by atoms with E-state index in [1.54, 1.807) is 4.90 Å². The van der Waals surface area contributed by atoms with Crippen LogP contribution in [0.3, 0.4) is 0 Å². The molecule has 0 radical (unpaired) electrons. The third-order valence-corrected chi connectivity index (χ3v) is 4.56. The predicted octanol–water partition coefficient (Wildman–Crippen LogP) is 2.33. The summed E-state index contributed by atoms with van der Waals surface area (Å²) >= 11 is 0. The van der Waals surface area contributed by atoms with Crippen molar-refractivity contribution in [2.45, 2.75) is 44.8 Å². The van der Waals surface area contributed by atoms with Crippen LogP contribution in [0.5, 0.6) is 0 Å². The van der Waals surface area contributed by atoms with Gasteiger partial charge >= 0.3 is 12.0 Å². The molecule has 1 fully saturated rings. The highest BCUT2D eigenvalue weighted by molar-refractivity contribution is 5.78. The Morgan fingerprint density at radius 2 is 2.04 bits per heavy atom. The molecule has 6 heteroatoms. The Balaban J connectivity index is 1.90. The maximum atomic E-state index is 12.5. The molecular formula is C19H28N2O4. The SMILES string of the molecule is COC(=O)[C@H]1CN(C(=O)N[C@H](C)CC(C)(C)c2ccccc2)CCO1. The van der Waals surface area contributed by atoms with Crippen molar-refractivity contribution in [3.05, 3.63) is 35.9 Å². The van der Waals surface area contributed by atoms with Gasteiger partial charge in [-0.1, -0.05) is 44.2 Å². The molecule has 2 atom stereocenters. The molecule has 1 aromatic rings. The molecule has 1 N–H and O–H groups in total. The third-order valence-electron chi connectivity index (χ3n) is 4.56. The minimum absolute atomic E-state index is 0.00197. The smallest absolute Gasteiger partial charge is 0.336 e. The van der Waals surface area contributed by atoms with Crippen LogP contribution >= 0.6 is 0 Å². The predicted molar refractivity (Wildman–Crippen MR) is 95.4 cm³/mol. The maximum absolute atomic E-state index is 12.5. The molecule has 0 spiro atoms. The van der Waals surface area contributed by atoms with Crippen LogP contribution in [0.25, 0.3) is 0 Å². The molecule has 0 saturated carbocycles. The van der Waals surface area contributed by atoms with Crippen molar-refractivity contribution in [2.24, 2.45) is 0 Å². The van der Waals surface area contributed by atoms with Gasteiger partial charge in [-0.25, -0.2) is 9.59 Å². The largest absolute Gasteiger partial charge is 0.467 e. The summed E-state index contributed by atoms with van der Waals surface area (Å²) in [5.41, 5.74) is 1.20. The van der Waals surface area contributed by atoms with Gasteiger partial charge in [0.1, 0.15) is 0 Å².